The molecular formula is C28H23N5O4. The lowest BCUT2D eigenvalue weighted by Gasteiger charge is -2.13. The molecule has 0 bridgehead atoms. The molecular weight excluding hydrogens is 470 g/mol. The number of carbonyl (C=O) groups is 3. The first-order valence-corrected chi connectivity index (χ1v) is 11.2. The van der Waals surface area contributed by atoms with Crippen molar-refractivity contribution < 1.29 is 19.5 Å². The van der Waals surface area contributed by atoms with Gasteiger partial charge in [-0.2, -0.15) is 0 Å². The summed E-state index contributed by atoms with van der Waals surface area (Å²) in [7, 11) is 0. The molecule has 9 heteroatoms. The Morgan fingerprint density at radius 1 is 0.973 bits per heavy atom. The summed E-state index contributed by atoms with van der Waals surface area (Å²) in [4.78, 5) is 41.9. The van der Waals surface area contributed by atoms with E-state index in [-0.39, 0.29) is 16.9 Å². The van der Waals surface area contributed by atoms with Gasteiger partial charge in [0.1, 0.15) is 5.92 Å². The zero-order chi connectivity index (χ0) is 26.4. The number of aromatic nitrogens is 1. The minimum atomic E-state index is -1.22. The average molecular weight is 494 g/mol. The summed E-state index contributed by atoms with van der Waals surface area (Å²) in [6.07, 6.45) is 3.85. The number of carbonyl (C=O) groups excluding carboxylic acids is 2. The number of aliphatic imine (C=N–C) groups is 1. The van der Waals surface area contributed by atoms with E-state index >= 15 is 0 Å². The van der Waals surface area contributed by atoms with Crippen LogP contribution in [-0.4, -0.2) is 33.8 Å². The van der Waals surface area contributed by atoms with Crippen LogP contribution in [0.25, 0.3) is 21.8 Å². The topological polar surface area (TPSA) is 139 Å². The average Bonchev–Trinajstić information content (AvgIpc) is 3.22. The van der Waals surface area contributed by atoms with E-state index in [1.807, 2.05) is 48.5 Å². The van der Waals surface area contributed by atoms with Gasteiger partial charge in [0.05, 0.1) is 16.6 Å². The second-order valence-electron chi connectivity index (χ2n) is 7.90. The molecule has 3 aromatic carbocycles. The fourth-order valence-corrected chi connectivity index (χ4v) is 3.95. The van der Waals surface area contributed by atoms with E-state index in [0.29, 0.717) is 11.0 Å². The van der Waals surface area contributed by atoms with Crippen molar-refractivity contribution in [3.05, 3.63) is 84.7 Å². The molecule has 0 saturated heterocycles. The lowest BCUT2D eigenvalue weighted by molar-refractivity contribution is -0.116. The summed E-state index contributed by atoms with van der Waals surface area (Å²) >= 11 is 0. The Morgan fingerprint density at radius 2 is 1.57 bits per heavy atom. The van der Waals surface area contributed by atoms with Crippen LogP contribution in [0.1, 0.15) is 17.3 Å². The Balaban J connectivity index is 1.68. The second-order valence-corrected chi connectivity index (χ2v) is 7.90. The van der Waals surface area contributed by atoms with Crippen LogP contribution in [-0.2, 0) is 4.79 Å². The summed E-state index contributed by atoms with van der Waals surface area (Å²) < 4.78 is 1.53. The number of carboxylic acids is 1. The highest BCUT2D eigenvalue weighted by Crippen LogP contribution is 2.29. The summed E-state index contributed by atoms with van der Waals surface area (Å²) in [6.45, 7) is 1.58. The highest BCUT2D eigenvalue weighted by atomic mass is 16.4. The lowest BCUT2D eigenvalue weighted by atomic mass is 10.1. The Morgan fingerprint density at radius 3 is 2.14 bits per heavy atom. The van der Waals surface area contributed by atoms with Crippen LogP contribution < -0.4 is 16.4 Å². The van der Waals surface area contributed by atoms with Gasteiger partial charge in [-0.3, -0.25) is 14.4 Å². The fourth-order valence-electron chi connectivity index (χ4n) is 3.95. The number of fused-ring (bicyclic) bond motifs is 3. The van der Waals surface area contributed by atoms with Gasteiger partial charge in [0.2, 0.25) is 5.91 Å². The number of carboxylic acid groups (broad SMARTS) is 1. The van der Waals surface area contributed by atoms with Crippen LogP contribution in [0, 0.1) is 17.8 Å². The first kappa shape index (κ1) is 24.8. The third kappa shape index (κ3) is 5.33. The van der Waals surface area contributed by atoms with E-state index < -0.39 is 23.8 Å². The maximum atomic E-state index is 13.4. The van der Waals surface area contributed by atoms with Gasteiger partial charge in [0.25, 0.3) is 0 Å². The number of nitrogens with two attached hydrogens (primary N) is 1. The molecule has 0 aliphatic heterocycles. The Hall–Kier alpha value is -5.36. The van der Waals surface area contributed by atoms with E-state index in [2.05, 4.69) is 27.5 Å². The van der Waals surface area contributed by atoms with E-state index in [1.54, 1.807) is 6.92 Å². The predicted octanol–water partition coefficient (Wildman–Crippen LogP) is 4.65. The van der Waals surface area contributed by atoms with Gasteiger partial charge in [0.15, 0.2) is 0 Å². The summed E-state index contributed by atoms with van der Waals surface area (Å²) in [5, 5.41) is 16.8. The minimum Gasteiger partial charge on any atom is -0.478 e. The van der Waals surface area contributed by atoms with Crippen LogP contribution in [0.5, 0.6) is 0 Å². The van der Waals surface area contributed by atoms with Crippen LogP contribution in [0.3, 0.4) is 0 Å². The smallest absolute Gasteiger partial charge is 0.335 e. The number of anilines is 2. The van der Waals surface area contributed by atoms with Crippen molar-refractivity contribution in [1.82, 2.24) is 4.57 Å². The molecule has 0 spiro atoms. The number of hydrogen-bond donors (Lipinski definition) is 4. The van der Waals surface area contributed by atoms with Gasteiger partial charge in [-0.15, -0.1) is 5.92 Å². The van der Waals surface area contributed by atoms with E-state index in [4.69, 9.17) is 5.73 Å². The SMILES string of the molecule is CC#CC(/C=N\C=C/N)C(=O)Nc1cc(NC(=O)n2c3ccccc3c3ccccc32)cc(C(=O)O)c1. The first-order chi connectivity index (χ1) is 17.9. The van der Waals surface area contributed by atoms with Gasteiger partial charge >= 0.3 is 12.0 Å². The number of benzene rings is 3. The van der Waals surface area contributed by atoms with Crippen LogP contribution in [0.2, 0.25) is 0 Å². The minimum absolute atomic E-state index is 0.117. The third-order valence-electron chi connectivity index (χ3n) is 5.47. The highest BCUT2D eigenvalue weighted by molar-refractivity contribution is 6.15. The molecule has 1 aromatic heterocycles. The van der Waals surface area contributed by atoms with Crippen molar-refractivity contribution in [2.75, 3.05) is 10.6 Å². The number of nitrogens with one attached hydrogen (secondary N) is 2. The summed E-state index contributed by atoms with van der Waals surface area (Å²) in [5.41, 5.74) is 6.92. The number of nitrogens with zero attached hydrogens (tertiary/aromatic N) is 2. The molecule has 9 nitrogen and oxygen atoms in total. The molecule has 0 radical (unpaired) electrons. The second kappa shape index (κ2) is 10.9. The van der Waals surface area contributed by atoms with Crippen molar-refractivity contribution in [1.29, 1.82) is 0 Å². The normalized spacial score (nSPS) is 11.9. The number of para-hydroxylation sites is 2. The van der Waals surface area contributed by atoms with Crippen molar-refractivity contribution in [3.8, 4) is 11.8 Å². The Kier molecular flexibility index (Phi) is 7.31. The molecule has 4 aromatic rings. The van der Waals surface area contributed by atoms with Gasteiger partial charge in [-0.25, -0.2) is 9.59 Å². The zero-order valence-electron chi connectivity index (χ0n) is 19.8. The highest BCUT2D eigenvalue weighted by Gasteiger charge is 2.18. The maximum Gasteiger partial charge on any atom is 0.335 e. The van der Waals surface area contributed by atoms with Gasteiger partial charge in [-0.1, -0.05) is 42.3 Å². The van der Waals surface area contributed by atoms with E-state index in [1.165, 1.54) is 41.4 Å². The Labute approximate surface area is 212 Å². The number of hydrogen-bond acceptors (Lipinski definition) is 5. The van der Waals surface area contributed by atoms with Crippen molar-refractivity contribution >= 4 is 57.3 Å². The number of rotatable bonds is 6. The molecule has 0 saturated carbocycles. The lowest BCUT2D eigenvalue weighted by Crippen LogP contribution is -2.23. The maximum absolute atomic E-state index is 13.4. The number of amides is 2. The summed E-state index contributed by atoms with van der Waals surface area (Å²) in [6, 6.07) is 18.6. The quantitative estimate of drug-likeness (QED) is 0.229. The van der Waals surface area contributed by atoms with Crippen LogP contribution in [0.4, 0.5) is 16.2 Å². The third-order valence-corrected chi connectivity index (χ3v) is 5.47. The molecule has 184 valence electrons. The van der Waals surface area contributed by atoms with E-state index in [9.17, 15) is 19.5 Å². The molecule has 2 amide bonds. The molecule has 0 aliphatic rings. The standard InChI is InChI=1S/C28H23N5O4/c1-2-7-18(17-30-13-12-29)26(34)31-20-14-19(27(35)36)15-21(16-20)32-28(37)33-24-10-5-3-8-22(24)23-9-4-6-11-25(23)33/h3-6,8-18H,29H2,1H3,(H,31,34)(H,32,37)(H,35,36)/b13-12-,30-17-. The van der Waals surface area contributed by atoms with Gasteiger partial charge in [-0.05, 0) is 37.3 Å². The van der Waals surface area contributed by atoms with Crippen LogP contribution >= 0.6 is 0 Å². The largest absolute Gasteiger partial charge is 0.478 e. The van der Waals surface area contributed by atoms with Crippen molar-refractivity contribution in [2.45, 2.75) is 6.92 Å². The molecule has 1 atom stereocenters. The monoisotopic (exact) mass is 493 g/mol. The van der Waals surface area contributed by atoms with E-state index in [0.717, 1.165) is 10.8 Å². The molecule has 0 fully saturated rings. The van der Waals surface area contributed by atoms with Crippen molar-refractivity contribution in [3.63, 3.8) is 0 Å². The molecule has 0 aliphatic carbocycles. The predicted molar refractivity (Wildman–Crippen MR) is 145 cm³/mol. The van der Waals surface area contributed by atoms with Gasteiger partial charge in [0, 0.05) is 40.8 Å². The first-order valence-electron chi connectivity index (χ1n) is 11.2. The molecule has 37 heavy (non-hydrogen) atoms. The molecule has 5 N–H and O–H groups in total. The molecule has 1 unspecified atom stereocenters. The molecule has 4 rings (SSSR count). The Bertz CT molecular complexity index is 1590. The van der Waals surface area contributed by atoms with Gasteiger partial charge < -0.3 is 21.5 Å². The van der Waals surface area contributed by atoms with Crippen LogP contribution in [0.15, 0.2) is 84.1 Å². The fraction of sp³-hybridized carbons (Fsp3) is 0.0714. The molecule has 1 heterocycles. The zero-order valence-corrected chi connectivity index (χ0v) is 19.8. The van der Waals surface area contributed by atoms with Crippen molar-refractivity contribution in [2.24, 2.45) is 16.6 Å². The number of aromatic carboxylic acids is 1. The summed E-state index contributed by atoms with van der Waals surface area (Å²) in [5.74, 6) is 2.75.